The standard InChI is InChI=1S/C10H15NO5/c1-3-15-10(14)6-11-5-8(4-9(11)13)16-7(2)12/h8H,3-6H2,1-2H3/t8-/m1/s1. The highest BCUT2D eigenvalue weighted by atomic mass is 16.5. The predicted octanol–water partition coefficient (Wildman–Crippen LogP) is -0.286. The van der Waals surface area contributed by atoms with Crippen LogP contribution in [0.3, 0.4) is 0 Å². The molecule has 0 aliphatic carbocycles. The maximum atomic E-state index is 11.4. The second-order valence-electron chi connectivity index (χ2n) is 3.51. The zero-order valence-corrected chi connectivity index (χ0v) is 9.39. The summed E-state index contributed by atoms with van der Waals surface area (Å²) in [5.41, 5.74) is 0. The smallest absolute Gasteiger partial charge is 0.325 e. The van der Waals surface area contributed by atoms with Gasteiger partial charge in [-0.1, -0.05) is 0 Å². The number of carbonyl (C=O) groups is 3. The van der Waals surface area contributed by atoms with E-state index in [0.717, 1.165) is 0 Å². The van der Waals surface area contributed by atoms with E-state index in [1.54, 1.807) is 6.92 Å². The van der Waals surface area contributed by atoms with E-state index in [9.17, 15) is 14.4 Å². The van der Waals surface area contributed by atoms with Crippen LogP contribution in [0.25, 0.3) is 0 Å². The number of ether oxygens (including phenoxy) is 2. The topological polar surface area (TPSA) is 72.9 Å². The van der Waals surface area contributed by atoms with Crippen molar-refractivity contribution in [2.75, 3.05) is 19.7 Å². The van der Waals surface area contributed by atoms with Gasteiger partial charge >= 0.3 is 11.9 Å². The van der Waals surface area contributed by atoms with Crippen LogP contribution in [0.15, 0.2) is 0 Å². The van der Waals surface area contributed by atoms with Gasteiger partial charge in [0.2, 0.25) is 5.91 Å². The average Bonchev–Trinajstić information content (AvgIpc) is 2.45. The minimum atomic E-state index is -0.445. The van der Waals surface area contributed by atoms with Crippen LogP contribution in [-0.4, -0.2) is 48.5 Å². The van der Waals surface area contributed by atoms with Crippen LogP contribution in [-0.2, 0) is 23.9 Å². The first-order chi connectivity index (χ1) is 7.52. The Balaban J connectivity index is 2.42. The SMILES string of the molecule is CCOC(=O)CN1C[C@H](OC(C)=O)CC1=O. The van der Waals surface area contributed by atoms with Crippen LogP contribution >= 0.6 is 0 Å². The van der Waals surface area contributed by atoms with Gasteiger partial charge in [-0.3, -0.25) is 14.4 Å². The highest BCUT2D eigenvalue weighted by molar-refractivity contribution is 5.84. The van der Waals surface area contributed by atoms with Gasteiger partial charge in [0.05, 0.1) is 19.6 Å². The van der Waals surface area contributed by atoms with Crippen molar-refractivity contribution in [2.45, 2.75) is 26.4 Å². The second-order valence-corrected chi connectivity index (χ2v) is 3.51. The fraction of sp³-hybridized carbons (Fsp3) is 0.700. The van der Waals surface area contributed by atoms with Crippen LogP contribution in [0, 0.1) is 0 Å². The van der Waals surface area contributed by atoms with Crippen molar-refractivity contribution in [3.63, 3.8) is 0 Å². The van der Waals surface area contributed by atoms with Crippen molar-refractivity contribution in [2.24, 2.45) is 0 Å². The van der Waals surface area contributed by atoms with Crippen LogP contribution in [0.5, 0.6) is 0 Å². The number of amides is 1. The van der Waals surface area contributed by atoms with E-state index in [2.05, 4.69) is 0 Å². The lowest BCUT2D eigenvalue weighted by Crippen LogP contribution is -2.33. The third-order valence-electron chi connectivity index (χ3n) is 2.14. The van der Waals surface area contributed by atoms with Gasteiger partial charge in [0.1, 0.15) is 12.6 Å². The van der Waals surface area contributed by atoms with E-state index in [1.165, 1.54) is 11.8 Å². The molecule has 1 amide bonds. The van der Waals surface area contributed by atoms with Crippen molar-refractivity contribution < 1.29 is 23.9 Å². The molecule has 1 aliphatic heterocycles. The Labute approximate surface area is 93.5 Å². The lowest BCUT2D eigenvalue weighted by Gasteiger charge is -2.15. The van der Waals surface area contributed by atoms with Gasteiger partial charge in [0.15, 0.2) is 0 Å². The molecule has 0 aromatic heterocycles. The number of likely N-dealkylation sites (tertiary alicyclic amines) is 1. The summed E-state index contributed by atoms with van der Waals surface area (Å²) in [5.74, 6) is -1.06. The van der Waals surface area contributed by atoms with E-state index in [1.807, 2.05) is 0 Å². The zero-order chi connectivity index (χ0) is 12.1. The maximum Gasteiger partial charge on any atom is 0.325 e. The van der Waals surface area contributed by atoms with Gasteiger partial charge in [-0.25, -0.2) is 0 Å². The summed E-state index contributed by atoms with van der Waals surface area (Å²) in [4.78, 5) is 34.6. The molecule has 0 bridgehead atoms. The van der Waals surface area contributed by atoms with E-state index in [4.69, 9.17) is 9.47 Å². The van der Waals surface area contributed by atoms with Crippen molar-refractivity contribution in [1.29, 1.82) is 0 Å². The van der Waals surface area contributed by atoms with Crippen LogP contribution in [0.4, 0.5) is 0 Å². The van der Waals surface area contributed by atoms with Gasteiger partial charge in [0.25, 0.3) is 0 Å². The normalized spacial score (nSPS) is 19.8. The minimum Gasteiger partial charge on any atom is -0.465 e. The molecule has 0 unspecified atom stereocenters. The van der Waals surface area contributed by atoms with Gasteiger partial charge < -0.3 is 14.4 Å². The number of hydrogen-bond acceptors (Lipinski definition) is 5. The Morgan fingerprint density at radius 1 is 1.50 bits per heavy atom. The molecule has 1 saturated heterocycles. The molecule has 0 N–H and O–H groups in total. The van der Waals surface area contributed by atoms with Crippen molar-refractivity contribution in [1.82, 2.24) is 4.90 Å². The first-order valence-corrected chi connectivity index (χ1v) is 5.13. The molecule has 1 atom stereocenters. The van der Waals surface area contributed by atoms with Crippen LogP contribution in [0.1, 0.15) is 20.3 Å². The summed E-state index contributed by atoms with van der Waals surface area (Å²) < 4.78 is 9.63. The molecule has 0 saturated carbocycles. The lowest BCUT2D eigenvalue weighted by molar-refractivity contribution is -0.147. The molecule has 6 heteroatoms. The molecule has 1 aliphatic rings. The van der Waals surface area contributed by atoms with Gasteiger partial charge in [-0.05, 0) is 6.92 Å². The largest absolute Gasteiger partial charge is 0.465 e. The molecular formula is C10H15NO5. The van der Waals surface area contributed by atoms with E-state index >= 15 is 0 Å². The Bertz CT molecular complexity index is 302. The molecule has 0 spiro atoms. The molecule has 0 radical (unpaired) electrons. The molecule has 6 nitrogen and oxygen atoms in total. The molecular weight excluding hydrogens is 214 g/mol. The van der Waals surface area contributed by atoms with Crippen LogP contribution in [0.2, 0.25) is 0 Å². The molecule has 0 aromatic carbocycles. The zero-order valence-electron chi connectivity index (χ0n) is 9.39. The third kappa shape index (κ3) is 3.52. The molecule has 0 aromatic rings. The highest BCUT2D eigenvalue weighted by Gasteiger charge is 2.32. The van der Waals surface area contributed by atoms with E-state index in [-0.39, 0.29) is 32.0 Å². The van der Waals surface area contributed by atoms with Gasteiger partial charge in [-0.15, -0.1) is 0 Å². The third-order valence-corrected chi connectivity index (χ3v) is 2.14. The lowest BCUT2D eigenvalue weighted by atomic mass is 10.3. The molecule has 1 heterocycles. The summed E-state index contributed by atoms with van der Waals surface area (Å²) in [6.07, 6.45) is -0.307. The monoisotopic (exact) mass is 229 g/mol. The maximum absolute atomic E-state index is 11.4. The quantitative estimate of drug-likeness (QED) is 0.619. The molecule has 1 rings (SSSR count). The number of esters is 2. The summed E-state index contributed by atoms with van der Waals surface area (Å²) >= 11 is 0. The highest BCUT2D eigenvalue weighted by Crippen LogP contribution is 2.14. The Kier molecular flexibility index (Phi) is 4.28. The summed E-state index contributed by atoms with van der Waals surface area (Å²) in [6, 6.07) is 0. The van der Waals surface area contributed by atoms with Crippen molar-refractivity contribution >= 4 is 17.8 Å². The first kappa shape index (κ1) is 12.5. The van der Waals surface area contributed by atoms with Crippen molar-refractivity contribution in [3.8, 4) is 0 Å². The summed E-state index contributed by atoms with van der Waals surface area (Å²) in [6.45, 7) is 3.46. The molecule has 16 heavy (non-hydrogen) atoms. The fourth-order valence-electron chi connectivity index (χ4n) is 1.56. The number of carbonyl (C=O) groups excluding carboxylic acids is 3. The average molecular weight is 229 g/mol. The summed E-state index contributed by atoms with van der Waals surface area (Å²) in [5, 5.41) is 0. The molecule has 1 fully saturated rings. The van der Waals surface area contributed by atoms with Crippen LogP contribution < -0.4 is 0 Å². The van der Waals surface area contributed by atoms with Crippen molar-refractivity contribution in [3.05, 3.63) is 0 Å². The Hall–Kier alpha value is -1.59. The first-order valence-electron chi connectivity index (χ1n) is 5.13. The fourth-order valence-corrected chi connectivity index (χ4v) is 1.56. The second kappa shape index (κ2) is 5.48. The number of nitrogens with zero attached hydrogens (tertiary/aromatic N) is 1. The van der Waals surface area contributed by atoms with E-state index in [0.29, 0.717) is 0 Å². The minimum absolute atomic E-state index is 0.0789. The Morgan fingerprint density at radius 2 is 2.19 bits per heavy atom. The van der Waals surface area contributed by atoms with Gasteiger partial charge in [-0.2, -0.15) is 0 Å². The predicted molar refractivity (Wildman–Crippen MR) is 53.4 cm³/mol. The molecule has 90 valence electrons. The Morgan fingerprint density at radius 3 is 2.75 bits per heavy atom. The number of hydrogen-bond donors (Lipinski definition) is 0. The van der Waals surface area contributed by atoms with E-state index < -0.39 is 18.0 Å². The number of rotatable bonds is 4. The summed E-state index contributed by atoms with van der Waals surface area (Å²) in [7, 11) is 0. The van der Waals surface area contributed by atoms with Gasteiger partial charge in [0, 0.05) is 6.92 Å².